The molecule has 6 nitrogen and oxygen atoms in total. The summed E-state index contributed by atoms with van der Waals surface area (Å²) in [5.74, 6) is 0.396. The van der Waals surface area contributed by atoms with Crippen molar-refractivity contribution < 1.29 is 9.66 Å². The third kappa shape index (κ3) is 3.15. The average molecular weight is 402 g/mol. The molecule has 1 aromatic heterocycles. The molecule has 0 amide bonds. The van der Waals surface area contributed by atoms with Gasteiger partial charge in [-0.2, -0.15) is 5.26 Å². The van der Waals surface area contributed by atoms with Gasteiger partial charge in [-0.15, -0.1) is 0 Å². The van der Waals surface area contributed by atoms with E-state index >= 15 is 0 Å². The van der Waals surface area contributed by atoms with E-state index in [9.17, 15) is 10.1 Å². The summed E-state index contributed by atoms with van der Waals surface area (Å²) in [6.07, 6.45) is 1.43. The van der Waals surface area contributed by atoms with Gasteiger partial charge in [-0.05, 0) is 34.7 Å². The average Bonchev–Trinajstić information content (AvgIpc) is 2.40. The second kappa shape index (κ2) is 6.02. The molecule has 0 saturated heterocycles. The van der Waals surface area contributed by atoms with E-state index in [4.69, 9.17) is 21.6 Å². The first-order valence-electron chi connectivity index (χ1n) is 5.18. The number of hydrogen-bond donors (Lipinski definition) is 0. The quantitative estimate of drug-likeness (QED) is 0.337. The molecule has 100 valence electrons. The maximum absolute atomic E-state index is 11.1. The minimum atomic E-state index is -0.596. The van der Waals surface area contributed by atoms with Crippen molar-refractivity contribution in [2.45, 2.75) is 0 Å². The van der Waals surface area contributed by atoms with E-state index in [0.717, 1.165) is 0 Å². The number of benzene rings is 1. The number of hydrogen-bond acceptors (Lipinski definition) is 5. The predicted octanol–water partition coefficient (Wildman–Crippen LogP) is 3.91. The van der Waals surface area contributed by atoms with Gasteiger partial charge >= 0.3 is 5.69 Å². The van der Waals surface area contributed by atoms with Crippen molar-refractivity contribution in [3.05, 3.63) is 54.9 Å². The fraction of sp³-hybridized carbons (Fsp3) is 0. The lowest BCUT2D eigenvalue weighted by Gasteiger charge is -2.08. The Morgan fingerprint density at radius 3 is 2.80 bits per heavy atom. The van der Waals surface area contributed by atoms with Crippen molar-refractivity contribution in [2.75, 3.05) is 0 Å². The minimum absolute atomic E-state index is 0.0665. The monoisotopic (exact) mass is 401 g/mol. The van der Waals surface area contributed by atoms with Crippen LogP contribution in [-0.2, 0) is 0 Å². The van der Waals surface area contributed by atoms with Crippen molar-refractivity contribution in [3.63, 3.8) is 0 Å². The van der Waals surface area contributed by atoms with E-state index in [1.165, 1.54) is 30.5 Å². The largest absolute Gasteiger partial charge is 0.449 e. The fourth-order valence-electron chi connectivity index (χ4n) is 1.45. The molecule has 2 aromatic rings. The van der Waals surface area contributed by atoms with Gasteiger partial charge in [-0.25, -0.2) is 4.98 Å². The van der Waals surface area contributed by atoms with Crippen molar-refractivity contribution in [1.82, 2.24) is 4.98 Å². The van der Waals surface area contributed by atoms with Gasteiger partial charge in [0.25, 0.3) is 0 Å². The van der Waals surface area contributed by atoms with Crippen molar-refractivity contribution >= 4 is 39.9 Å². The highest BCUT2D eigenvalue weighted by molar-refractivity contribution is 14.1. The second-order valence-electron chi connectivity index (χ2n) is 3.59. The first-order valence-corrected chi connectivity index (χ1v) is 6.64. The smallest absolute Gasteiger partial charge is 0.314 e. The molecule has 1 aromatic carbocycles. The Bertz CT molecular complexity index is 730. The topological polar surface area (TPSA) is 89.0 Å². The van der Waals surface area contributed by atoms with Gasteiger partial charge in [0.05, 0.1) is 20.1 Å². The highest BCUT2D eigenvalue weighted by atomic mass is 127. The van der Waals surface area contributed by atoms with Crippen LogP contribution >= 0.6 is 34.2 Å². The normalized spacial score (nSPS) is 9.85. The number of nitro benzene ring substituents is 1. The summed E-state index contributed by atoms with van der Waals surface area (Å²) in [7, 11) is 0. The Labute approximate surface area is 132 Å². The molecule has 1 heterocycles. The molecule has 0 atom stereocenters. The number of ether oxygens (including phenoxy) is 1. The summed E-state index contributed by atoms with van der Waals surface area (Å²) < 4.78 is 5.96. The van der Waals surface area contributed by atoms with E-state index < -0.39 is 4.92 Å². The minimum Gasteiger partial charge on any atom is -0.449 e. The van der Waals surface area contributed by atoms with Gasteiger partial charge in [0.15, 0.2) is 0 Å². The van der Waals surface area contributed by atoms with Gasteiger partial charge < -0.3 is 4.74 Å². The number of pyridine rings is 1. The lowest BCUT2D eigenvalue weighted by Crippen LogP contribution is -1.97. The molecule has 0 saturated carbocycles. The van der Waals surface area contributed by atoms with Crippen LogP contribution < -0.4 is 4.74 Å². The first kappa shape index (κ1) is 14.5. The summed E-state index contributed by atoms with van der Waals surface area (Å²) in [6, 6.07) is 7.52. The zero-order chi connectivity index (χ0) is 14.7. The van der Waals surface area contributed by atoms with E-state index in [1.807, 2.05) is 28.7 Å². The lowest BCUT2D eigenvalue weighted by molar-refractivity contribution is -0.385. The van der Waals surface area contributed by atoms with Crippen LogP contribution in [0.5, 0.6) is 11.5 Å². The molecule has 0 aliphatic rings. The number of nitro groups is 1. The molecule has 0 fully saturated rings. The highest BCUT2D eigenvalue weighted by Gasteiger charge is 2.21. The number of rotatable bonds is 3. The van der Waals surface area contributed by atoms with E-state index in [-0.39, 0.29) is 22.2 Å². The first-order chi connectivity index (χ1) is 9.51. The molecule has 0 unspecified atom stereocenters. The molecule has 0 spiro atoms. The standard InChI is InChI=1S/C12H5ClIN3O3/c13-11-5-8(1-2-16-11)20-12-9(14)3-7(6-15)4-10(12)17(18)19/h1-5H. The molecular formula is C12H5ClIN3O3. The van der Waals surface area contributed by atoms with Gasteiger partial charge in [-0.1, -0.05) is 11.6 Å². The van der Waals surface area contributed by atoms with Crippen molar-refractivity contribution in [1.29, 1.82) is 5.26 Å². The Balaban J connectivity index is 2.51. The number of nitriles is 1. The van der Waals surface area contributed by atoms with Crippen LogP contribution in [0.4, 0.5) is 5.69 Å². The zero-order valence-electron chi connectivity index (χ0n) is 9.71. The van der Waals surface area contributed by atoms with Crippen molar-refractivity contribution in [2.24, 2.45) is 0 Å². The van der Waals surface area contributed by atoms with Crippen molar-refractivity contribution in [3.8, 4) is 17.6 Å². The predicted molar refractivity (Wildman–Crippen MR) is 79.8 cm³/mol. The second-order valence-corrected chi connectivity index (χ2v) is 5.14. The molecule has 0 bridgehead atoms. The summed E-state index contributed by atoms with van der Waals surface area (Å²) in [5, 5.41) is 20.1. The van der Waals surface area contributed by atoms with Gasteiger partial charge in [0.2, 0.25) is 5.75 Å². The maximum Gasteiger partial charge on any atom is 0.314 e. The Morgan fingerprint density at radius 2 is 2.20 bits per heavy atom. The maximum atomic E-state index is 11.1. The van der Waals surface area contributed by atoms with Crippen LogP contribution in [-0.4, -0.2) is 9.91 Å². The molecule has 0 aliphatic heterocycles. The molecule has 8 heteroatoms. The lowest BCUT2D eigenvalue weighted by atomic mass is 10.2. The van der Waals surface area contributed by atoms with E-state index in [1.54, 1.807) is 0 Å². The summed E-state index contributed by atoms with van der Waals surface area (Å²) in [4.78, 5) is 14.3. The number of halogens is 2. The molecule has 0 aliphatic carbocycles. The van der Waals surface area contributed by atoms with Crippen LogP contribution in [0.15, 0.2) is 30.5 Å². The molecule has 0 radical (unpaired) electrons. The summed E-state index contributed by atoms with van der Waals surface area (Å²) in [5.41, 5.74) is -0.0809. The summed E-state index contributed by atoms with van der Waals surface area (Å²) in [6.45, 7) is 0. The number of aromatic nitrogens is 1. The SMILES string of the molecule is N#Cc1cc(I)c(Oc2ccnc(Cl)c2)c([N+](=O)[O-])c1. The third-order valence-corrected chi connectivity index (χ3v) is 3.28. The third-order valence-electron chi connectivity index (χ3n) is 2.27. The molecule has 0 N–H and O–H groups in total. The molecular weight excluding hydrogens is 397 g/mol. The highest BCUT2D eigenvalue weighted by Crippen LogP contribution is 2.37. The van der Waals surface area contributed by atoms with Crippen LogP contribution in [0.3, 0.4) is 0 Å². The van der Waals surface area contributed by atoms with Gasteiger partial charge in [-0.3, -0.25) is 10.1 Å². The molecule has 2 rings (SSSR count). The van der Waals surface area contributed by atoms with Crippen LogP contribution in [0, 0.1) is 25.0 Å². The van der Waals surface area contributed by atoms with E-state index in [0.29, 0.717) is 9.32 Å². The zero-order valence-corrected chi connectivity index (χ0v) is 12.6. The van der Waals surface area contributed by atoms with Crippen LogP contribution in [0.2, 0.25) is 5.15 Å². The molecule has 20 heavy (non-hydrogen) atoms. The summed E-state index contributed by atoms with van der Waals surface area (Å²) >= 11 is 7.61. The number of nitrogens with zero attached hydrogens (tertiary/aromatic N) is 3. The Hall–Kier alpha value is -1.92. The van der Waals surface area contributed by atoms with Crippen LogP contribution in [0.1, 0.15) is 5.56 Å². The Morgan fingerprint density at radius 1 is 1.45 bits per heavy atom. The fourth-order valence-corrected chi connectivity index (χ4v) is 2.33. The van der Waals surface area contributed by atoms with Crippen LogP contribution in [0.25, 0.3) is 0 Å². The Kier molecular flexibility index (Phi) is 4.36. The van der Waals surface area contributed by atoms with E-state index in [2.05, 4.69) is 4.98 Å². The van der Waals surface area contributed by atoms with Gasteiger partial charge in [0, 0.05) is 18.3 Å². The van der Waals surface area contributed by atoms with Gasteiger partial charge in [0.1, 0.15) is 10.9 Å².